The molecule has 0 aliphatic rings. The van der Waals surface area contributed by atoms with E-state index in [-0.39, 0.29) is 5.76 Å². The molecule has 0 radical (unpaired) electrons. The SMILES string of the molecule is CO/C(=C\C=C\c1cc2cc(Cl)ccc2[nH]1)C(=O)O. The molecule has 0 unspecified atom stereocenters. The minimum atomic E-state index is -1.10. The molecule has 0 aliphatic carbocycles. The Morgan fingerprint density at radius 1 is 1.42 bits per heavy atom. The quantitative estimate of drug-likeness (QED) is 0.511. The summed E-state index contributed by atoms with van der Waals surface area (Å²) in [4.78, 5) is 13.9. The van der Waals surface area contributed by atoms with Gasteiger partial charge in [0.15, 0.2) is 0 Å². The summed E-state index contributed by atoms with van der Waals surface area (Å²) < 4.78 is 4.71. The van der Waals surface area contributed by atoms with Crippen molar-refractivity contribution in [2.75, 3.05) is 7.11 Å². The first-order chi connectivity index (χ1) is 9.10. The van der Waals surface area contributed by atoms with Gasteiger partial charge in [0.05, 0.1) is 7.11 Å². The van der Waals surface area contributed by atoms with Crippen molar-refractivity contribution >= 4 is 34.5 Å². The van der Waals surface area contributed by atoms with Gasteiger partial charge in [-0.2, -0.15) is 0 Å². The number of halogens is 1. The van der Waals surface area contributed by atoms with Gasteiger partial charge in [-0.1, -0.05) is 17.7 Å². The van der Waals surface area contributed by atoms with E-state index in [1.165, 1.54) is 13.2 Å². The molecule has 0 bridgehead atoms. The lowest BCUT2D eigenvalue weighted by atomic mass is 10.2. The highest BCUT2D eigenvalue weighted by Crippen LogP contribution is 2.20. The number of aromatic nitrogens is 1. The number of nitrogens with one attached hydrogen (secondary N) is 1. The van der Waals surface area contributed by atoms with E-state index in [9.17, 15) is 4.79 Å². The minimum Gasteiger partial charge on any atom is -0.490 e. The molecule has 2 aromatic rings. The van der Waals surface area contributed by atoms with E-state index in [2.05, 4.69) is 4.98 Å². The van der Waals surface area contributed by atoms with Crippen LogP contribution in [0.5, 0.6) is 0 Å². The number of fused-ring (bicyclic) bond motifs is 1. The van der Waals surface area contributed by atoms with Gasteiger partial charge in [-0.25, -0.2) is 4.79 Å². The van der Waals surface area contributed by atoms with Crippen LogP contribution in [0.15, 0.2) is 42.2 Å². The van der Waals surface area contributed by atoms with Crippen molar-refractivity contribution in [2.24, 2.45) is 0 Å². The number of rotatable bonds is 4. The molecule has 98 valence electrons. The second-order valence-electron chi connectivity index (χ2n) is 3.86. The van der Waals surface area contributed by atoms with E-state index in [4.69, 9.17) is 21.4 Å². The average molecular weight is 278 g/mol. The Morgan fingerprint density at radius 2 is 2.21 bits per heavy atom. The molecule has 2 rings (SSSR count). The molecule has 19 heavy (non-hydrogen) atoms. The summed E-state index contributed by atoms with van der Waals surface area (Å²) >= 11 is 5.90. The lowest BCUT2D eigenvalue weighted by molar-refractivity contribution is -0.136. The number of aliphatic carboxylic acids is 1. The molecule has 0 fully saturated rings. The van der Waals surface area contributed by atoms with Crippen molar-refractivity contribution in [1.29, 1.82) is 0 Å². The van der Waals surface area contributed by atoms with Gasteiger partial charge in [0.1, 0.15) is 0 Å². The van der Waals surface area contributed by atoms with Crippen LogP contribution in [-0.2, 0) is 9.53 Å². The maximum Gasteiger partial charge on any atom is 0.371 e. The maximum atomic E-state index is 10.7. The first kappa shape index (κ1) is 13.2. The van der Waals surface area contributed by atoms with E-state index in [0.29, 0.717) is 5.02 Å². The third-order valence-corrected chi connectivity index (χ3v) is 2.79. The Morgan fingerprint density at radius 3 is 2.89 bits per heavy atom. The van der Waals surface area contributed by atoms with Crippen LogP contribution in [0.4, 0.5) is 0 Å². The lowest BCUT2D eigenvalue weighted by Gasteiger charge is -1.96. The van der Waals surface area contributed by atoms with Gasteiger partial charge in [0.25, 0.3) is 0 Å². The number of allylic oxidation sites excluding steroid dienone is 2. The van der Waals surface area contributed by atoms with Crippen LogP contribution >= 0.6 is 11.6 Å². The normalized spacial score (nSPS) is 12.2. The molecule has 0 saturated carbocycles. The van der Waals surface area contributed by atoms with Crippen LogP contribution in [0, 0.1) is 0 Å². The largest absolute Gasteiger partial charge is 0.490 e. The Balaban J connectivity index is 2.24. The van der Waals surface area contributed by atoms with Crippen LogP contribution in [0.3, 0.4) is 0 Å². The number of benzene rings is 1. The van der Waals surface area contributed by atoms with Crippen LogP contribution < -0.4 is 0 Å². The number of hydrogen-bond acceptors (Lipinski definition) is 2. The van der Waals surface area contributed by atoms with Crippen molar-refractivity contribution in [2.45, 2.75) is 0 Å². The number of carboxylic acid groups (broad SMARTS) is 1. The minimum absolute atomic E-state index is 0.115. The number of ether oxygens (including phenoxy) is 1. The smallest absolute Gasteiger partial charge is 0.371 e. The molecule has 1 aromatic carbocycles. The maximum absolute atomic E-state index is 10.7. The topological polar surface area (TPSA) is 62.3 Å². The molecule has 1 heterocycles. The monoisotopic (exact) mass is 277 g/mol. The number of aromatic amines is 1. The van der Waals surface area contributed by atoms with Gasteiger partial charge < -0.3 is 14.8 Å². The van der Waals surface area contributed by atoms with E-state index >= 15 is 0 Å². The lowest BCUT2D eigenvalue weighted by Crippen LogP contribution is -2.01. The van der Waals surface area contributed by atoms with Crippen LogP contribution in [0.1, 0.15) is 5.69 Å². The second-order valence-corrected chi connectivity index (χ2v) is 4.29. The van der Waals surface area contributed by atoms with E-state index in [1.54, 1.807) is 18.2 Å². The summed E-state index contributed by atoms with van der Waals surface area (Å²) in [5.41, 5.74) is 1.83. The molecular weight excluding hydrogens is 266 g/mol. The molecule has 0 aliphatic heterocycles. The summed E-state index contributed by atoms with van der Waals surface area (Å²) in [6, 6.07) is 7.49. The third-order valence-electron chi connectivity index (χ3n) is 2.56. The number of H-pyrrole nitrogens is 1. The molecule has 1 aromatic heterocycles. The second kappa shape index (κ2) is 5.63. The van der Waals surface area contributed by atoms with Gasteiger partial charge in [0, 0.05) is 21.6 Å². The summed E-state index contributed by atoms with van der Waals surface area (Å²) in [5.74, 6) is -1.22. The van der Waals surface area contributed by atoms with Gasteiger partial charge >= 0.3 is 5.97 Å². The predicted octanol–water partition coefficient (Wildman–Crippen LogP) is 3.45. The van der Waals surface area contributed by atoms with Crippen molar-refractivity contribution in [3.63, 3.8) is 0 Å². The zero-order valence-electron chi connectivity index (χ0n) is 10.2. The number of methoxy groups -OCH3 is 1. The van der Waals surface area contributed by atoms with Crippen molar-refractivity contribution in [1.82, 2.24) is 4.98 Å². The predicted molar refractivity (Wildman–Crippen MR) is 75.1 cm³/mol. The van der Waals surface area contributed by atoms with Crippen LogP contribution in [-0.4, -0.2) is 23.2 Å². The van der Waals surface area contributed by atoms with Crippen molar-refractivity contribution in [3.05, 3.63) is 52.9 Å². The van der Waals surface area contributed by atoms with E-state index < -0.39 is 5.97 Å². The molecule has 0 amide bonds. The van der Waals surface area contributed by atoms with Crippen LogP contribution in [0.2, 0.25) is 5.02 Å². The Hall–Kier alpha value is -2.20. The van der Waals surface area contributed by atoms with Gasteiger partial charge in [0.2, 0.25) is 5.76 Å². The molecule has 0 saturated heterocycles. The van der Waals surface area contributed by atoms with Crippen molar-refractivity contribution < 1.29 is 14.6 Å². The standard InChI is InChI=1S/C14H12ClNO3/c1-19-13(14(17)18)4-2-3-11-8-9-7-10(15)5-6-12(9)16-11/h2-8,16H,1H3,(H,17,18)/b3-2+,13-4-. The first-order valence-electron chi connectivity index (χ1n) is 5.54. The fraction of sp³-hybridized carbons (Fsp3) is 0.0714. The van der Waals surface area contributed by atoms with Crippen LogP contribution in [0.25, 0.3) is 17.0 Å². The number of carbonyl (C=O) groups is 1. The summed E-state index contributed by atoms with van der Waals surface area (Å²) in [6.07, 6.45) is 4.76. The third kappa shape index (κ3) is 3.17. The summed E-state index contributed by atoms with van der Waals surface area (Å²) in [7, 11) is 1.32. The highest BCUT2D eigenvalue weighted by molar-refractivity contribution is 6.31. The number of carboxylic acids is 1. The average Bonchev–Trinajstić information content (AvgIpc) is 2.75. The molecule has 2 N–H and O–H groups in total. The molecule has 0 atom stereocenters. The van der Waals surface area contributed by atoms with E-state index in [1.807, 2.05) is 18.2 Å². The fourth-order valence-corrected chi connectivity index (χ4v) is 1.86. The highest BCUT2D eigenvalue weighted by Gasteiger charge is 2.04. The fourth-order valence-electron chi connectivity index (χ4n) is 1.68. The zero-order valence-corrected chi connectivity index (χ0v) is 10.9. The van der Waals surface area contributed by atoms with Gasteiger partial charge in [-0.05, 0) is 36.4 Å². The Kier molecular flexibility index (Phi) is 3.92. The molecule has 0 spiro atoms. The zero-order chi connectivity index (χ0) is 13.8. The van der Waals surface area contributed by atoms with Gasteiger partial charge in [-0.3, -0.25) is 0 Å². The van der Waals surface area contributed by atoms with E-state index in [0.717, 1.165) is 16.6 Å². The summed E-state index contributed by atoms with van der Waals surface area (Å²) in [6.45, 7) is 0. The highest BCUT2D eigenvalue weighted by atomic mass is 35.5. The van der Waals surface area contributed by atoms with Crippen molar-refractivity contribution in [3.8, 4) is 0 Å². The Bertz CT molecular complexity index is 670. The number of hydrogen-bond donors (Lipinski definition) is 2. The Labute approximate surface area is 115 Å². The van der Waals surface area contributed by atoms with Gasteiger partial charge in [-0.15, -0.1) is 0 Å². The first-order valence-corrected chi connectivity index (χ1v) is 5.92. The molecular formula is C14H12ClNO3. The molecule has 5 heteroatoms. The molecule has 4 nitrogen and oxygen atoms in total. The summed E-state index contributed by atoms with van der Waals surface area (Å²) in [5, 5.41) is 10.4.